The lowest BCUT2D eigenvalue weighted by Crippen LogP contribution is -2.47. The number of methoxy groups -OCH3 is 3. The molecule has 0 aromatic carbocycles. The number of carbonyl (C=O) groups is 4. The Balaban J connectivity index is 0.000000450. The van der Waals surface area contributed by atoms with Crippen LogP contribution in [0.2, 0.25) is 0 Å². The van der Waals surface area contributed by atoms with E-state index in [9.17, 15) is 19.2 Å². The van der Waals surface area contributed by atoms with Gasteiger partial charge in [0.05, 0.1) is 14.2 Å². The van der Waals surface area contributed by atoms with Crippen molar-refractivity contribution in [3.8, 4) is 0 Å². The topological polar surface area (TPSA) is 141 Å². The van der Waals surface area contributed by atoms with Gasteiger partial charge in [-0.3, -0.25) is 9.80 Å². The Bertz CT molecular complexity index is 1030. The fourth-order valence-electron chi connectivity index (χ4n) is 4.86. The van der Waals surface area contributed by atoms with Crippen LogP contribution in [0.4, 0.5) is 9.59 Å². The van der Waals surface area contributed by atoms with E-state index in [0.29, 0.717) is 45.4 Å². The summed E-state index contributed by atoms with van der Waals surface area (Å²) in [6, 6.07) is -1.29. The van der Waals surface area contributed by atoms with E-state index in [4.69, 9.17) is 28.8 Å². The Morgan fingerprint density at radius 1 is 0.733 bits per heavy atom. The lowest BCUT2D eigenvalue weighted by molar-refractivity contribution is -0.147. The van der Waals surface area contributed by atoms with Crippen molar-refractivity contribution in [3.05, 3.63) is 23.3 Å². The third kappa shape index (κ3) is 15.1. The number of rotatable bonds is 9. The summed E-state index contributed by atoms with van der Waals surface area (Å²) in [5.41, 5.74) is 1.17. The van der Waals surface area contributed by atoms with Crippen LogP contribution in [0.5, 0.6) is 0 Å². The summed E-state index contributed by atoms with van der Waals surface area (Å²) >= 11 is 0. The van der Waals surface area contributed by atoms with Crippen molar-refractivity contribution in [1.29, 1.82) is 0 Å². The van der Waals surface area contributed by atoms with E-state index >= 15 is 0 Å². The number of hydrogen-bond donors (Lipinski definition) is 1. The number of aliphatic hydroxyl groups is 1. The molecule has 0 aromatic heterocycles. The number of hydrogen-bond acceptors (Lipinski definition) is 10. The van der Waals surface area contributed by atoms with Gasteiger partial charge in [0.1, 0.15) is 23.3 Å². The van der Waals surface area contributed by atoms with Crippen molar-refractivity contribution < 1.29 is 48.0 Å². The van der Waals surface area contributed by atoms with Gasteiger partial charge in [0.15, 0.2) is 0 Å². The van der Waals surface area contributed by atoms with E-state index in [-0.39, 0.29) is 6.61 Å². The largest absolute Gasteiger partial charge is 0.467 e. The first-order chi connectivity index (χ1) is 21.1. The summed E-state index contributed by atoms with van der Waals surface area (Å²) in [4.78, 5) is 51.7. The Kier molecular flexibility index (Phi) is 17.2. The summed E-state index contributed by atoms with van der Waals surface area (Å²) in [6.07, 6.45) is 8.60. The van der Waals surface area contributed by atoms with Crippen LogP contribution in [0.3, 0.4) is 0 Å². The summed E-state index contributed by atoms with van der Waals surface area (Å²) in [6.45, 7) is 12.5. The number of aliphatic hydroxyl groups excluding tert-OH is 1. The first-order valence-corrected chi connectivity index (χ1v) is 15.7. The summed E-state index contributed by atoms with van der Waals surface area (Å²) in [5.74, 6) is -0.851. The van der Waals surface area contributed by atoms with Gasteiger partial charge in [-0.2, -0.15) is 0 Å². The minimum absolute atomic E-state index is 0.132. The van der Waals surface area contributed by atoms with E-state index < -0.39 is 47.4 Å². The van der Waals surface area contributed by atoms with Gasteiger partial charge in [-0.1, -0.05) is 23.3 Å². The van der Waals surface area contributed by atoms with Gasteiger partial charge in [0.25, 0.3) is 0 Å². The zero-order valence-electron chi connectivity index (χ0n) is 28.8. The Labute approximate surface area is 269 Å². The molecule has 0 radical (unpaired) electrons. The van der Waals surface area contributed by atoms with Gasteiger partial charge < -0.3 is 28.8 Å². The third-order valence-corrected chi connectivity index (χ3v) is 7.06. The predicted molar refractivity (Wildman–Crippen MR) is 170 cm³/mol. The normalized spacial score (nSPS) is 19.1. The molecule has 0 aromatic rings. The third-order valence-electron chi connectivity index (χ3n) is 7.06. The molecule has 2 rings (SSSR count). The Hall–Kier alpha value is -3.12. The first kappa shape index (κ1) is 39.9. The molecule has 0 bridgehead atoms. The van der Waals surface area contributed by atoms with Crippen molar-refractivity contribution in [3.63, 3.8) is 0 Å². The second kappa shape index (κ2) is 19.4. The van der Waals surface area contributed by atoms with Gasteiger partial charge in [-0.05, 0) is 92.9 Å². The molecule has 45 heavy (non-hydrogen) atoms. The Morgan fingerprint density at radius 3 is 1.47 bits per heavy atom. The second-order valence-corrected chi connectivity index (χ2v) is 13.0. The molecule has 2 atom stereocenters. The number of esters is 2. The fourth-order valence-corrected chi connectivity index (χ4v) is 4.86. The van der Waals surface area contributed by atoms with Crippen LogP contribution in [0.25, 0.3) is 0 Å². The number of nitrogens with zero attached hydrogens (tertiary/aromatic N) is 2. The van der Waals surface area contributed by atoms with Crippen molar-refractivity contribution in [1.82, 2.24) is 9.80 Å². The van der Waals surface area contributed by atoms with E-state index in [1.807, 2.05) is 32.9 Å². The van der Waals surface area contributed by atoms with Crippen LogP contribution in [-0.4, -0.2) is 110 Å². The predicted octanol–water partition coefficient (Wildman–Crippen LogP) is 5.17. The zero-order valence-corrected chi connectivity index (χ0v) is 28.8. The van der Waals surface area contributed by atoms with E-state index in [1.54, 1.807) is 27.9 Å². The lowest BCUT2D eigenvalue weighted by Gasteiger charge is -2.30. The molecule has 2 heterocycles. The van der Waals surface area contributed by atoms with Gasteiger partial charge >= 0.3 is 24.1 Å². The minimum Gasteiger partial charge on any atom is -0.467 e. The summed E-state index contributed by atoms with van der Waals surface area (Å²) in [7, 11) is 4.33. The van der Waals surface area contributed by atoms with Crippen LogP contribution < -0.4 is 0 Å². The quantitative estimate of drug-likeness (QED) is 0.155. The highest BCUT2D eigenvalue weighted by molar-refractivity contribution is 5.82. The summed E-state index contributed by atoms with van der Waals surface area (Å²) < 4.78 is 25.6. The highest BCUT2D eigenvalue weighted by Gasteiger charge is 2.35. The molecule has 2 aliphatic rings. The molecule has 2 amide bonds. The second-order valence-electron chi connectivity index (χ2n) is 13.0. The molecule has 0 unspecified atom stereocenters. The van der Waals surface area contributed by atoms with Crippen LogP contribution in [0, 0.1) is 0 Å². The molecule has 0 fully saturated rings. The van der Waals surface area contributed by atoms with Gasteiger partial charge in [-0.25, -0.2) is 19.2 Å². The van der Waals surface area contributed by atoms with Crippen molar-refractivity contribution in [2.24, 2.45) is 0 Å². The number of amides is 2. The van der Waals surface area contributed by atoms with Crippen LogP contribution in [0.1, 0.15) is 92.9 Å². The molecule has 0 spiro atoms. The summed E-state index contributed by atoms with van der Waals surface area (Å²) in [5, 5.41) is 8.93. The van der Waals surface area contributed by atoms with Crippen molar-refractivity contribution in [2.75, 3.05) is 47.6 Å². The SMILES string of the molecule is COC(=O)[C@@H]1CC=C(CCCO)CCN1C(=O)OC(C)(C)C.COCCCC1=CC[C@@H](C(=O)OC)N(C(=O)OC(C)(C)C)CC1. The van der Waals surface area contributed by atoms with Crippen LogP contribution in [-0.2, 0) is 33.3 Å². The lowest BCUT2D eigenvalue weighted by atomic mass is 10.1. The van der Waals surface area contributed by atoms with Gasteiger partial charge in [0.2, 0.25) is 0 Å². The zero-order chi connectivity index (χ0) is 34.2. The maximum atomic E-state index is 12.4. The van der Waals surface area contributed by atoms with Crippen molar-refractivity contribution in [2.45, 2.75) is 116 Å². The Morgan fingerprint density at radius 2 is 1.13 bits per heavy atom. The maximum Gasteiger partial charge on any atom is 0.411 e. The standard InChI is InChI=1S/C17H29NO5.C16H27NO5/c1-17(2,3)23-16(20)18-11-10-13(7-6-12-21-4)8-9-14(18)15(19)22-5;1-16(2,3)22-15(20)17-10-9-12(6-5-11-18)7-8-13(17)14(19)21-4/h8,14H,6-7,9-12H2,1-5H3;7,13,18H,5-6,8-11H2,1-4H3/t14-;13-/m00/s1. The van der Waals surface area contributed by atoms with Crippen LogP contribution >= 0.6 is 0 Å². The highest BCUT2D eigenvalue weighted by Crippen LogP contribution is 2.24. The number of carbonyl (C=O) groups excluding carboxylic acids is 4. The average molecular weight is 641 g/mol. The van der Waals surface area contributed by atoms with Crippen molar-refractivity contribution >= 4 is 24.1 Å². The van der Waals surface area contributed by atoms with E-state index in [2.05, 4.69) is 0 Å². The smallest absolute Gasteiger partial charge is 0.411 e. The molecule has 2 aliphatic heterocycles. The van der Waals surface area contributed by atoms with Gasteiger partial charge in [0, 0.05) is 33.4 Å². The van der Waals surface area contributed by atoms with Gasteiger partial charge in [-0.15, -0.1) is 0 Å². The molecule has 12 nitrogen and oxygen atoms in total. The molecule has 12 heteroatoms. The molecule has 258 valence electrons. The molecular weight excluding hydrogens is 584 g/mol. The maximum absolute atomic E-state index is 12.4. The van der Waals surface area contributed by atoms with E-state index in [1.165, 1.54) is 29.6 Å². The molecular formula is C33H56N2O10. The first-order valence-electron chi connectivity index (χ1n) is 15.7. The fraction of sp³-hybridized carbons (Fsp3) is 0.758. The highest BCUT2D eigenvalue weighted by atomic mass is 16.6. The minimum atomic E-state index is -0.661. The average Bonchev–Trinajstić information content (AvgIpc) is 3.31. The van der Waals surface area contributed by atoms with E-state index in [0.717, 1.165) is 31.3 Å². The molecule has 1 N–H and O–H groups in total. The molecule has 0 saturated carbocycles. The molecule has 0 saturated heterocycles. The molecule has 0 aliphatic carbocycles. The van der Waals surface area contributed by atoms with Crippen LogP contribution in [0.15, 0.2) is 23.3 Å². The number of ether oxygens (including phenoxy) is 5. The monoisotopic (exact) mass is 640 g/mol.